The lowest BCUT2D eigenvalue weighted by Crippen LogP contribution is -2.37. The predicted molar refractivity (Wildman–Crippen MR) is 114 cm³/mol. The van der Waals surface area contributed by atoms with E-state index in [2.05, 4.69) is 43.2 Å². The van der Waals surface area contributed by atoms with Gasteiger partial charge in [0, 0.05) is 37.3 Å². The Morgan fingerprint density at radius 1 is 1.14 bits per heavy atom. The zero-order chi connectivity index (χ0) is 20.3. The summed E-state index contributed by atoms with van der Waals surface area (Å²) in [5.41, 5.74) is 5.18. The number of aryl methyl sites for hydroxylation is 3. The first-order valence-electron chi connectivity index (χ1n) is 9.40. The summed E-state index contributed by atoms with van der Waals surface area (Å²) in [5, 5.41) is 2.88. The van der Waals surface area contributed by atoms with Gasteiger partial charge in [-0.15, -0.1) is 0 Å². The number of carbonyl (C=O) groups is 1. The van der Waals surface area contributed by atoms with Crippen molar-refractivity contribution in [3.63, 3.8) is 0 Å². The third-order valence-corrected chi connectivity index (χ3v) is 7.83. The van der Waals surface area contributed by atoms with Crippen LogP contribution in [0.3, 0.4) is 0 Å². The summed E-state index contributed by atoms with van der Waals surface area (Å²) < 4.78 is 26.9. The molecule has 1 saturated heterocycles. The molecule has 2 heterocycles. The van der Waals surface area contributed by atoms with Crippen molar-refractivity contribution in [1.29, 1.82) is 0 Å². The van der Waals surface area contributed by atoms with E-state index < -0.39 is 10.0 Å². The molecule has 0 atom stereocenters. The van der Waals surface area contributed by atoms with Gasteiger partial charge in [0.05, 0.1) is 0 Å². The predicted octanol–water partition coefficient (Wildman–Crippen LogP) is 2.65. The SMILES string of the molecule is Cc1cc(C)c(CCNC(=O)c2cc(S(=O)(=O)N3CCSCC3)c[nH]2)c(C)c1. The number of aromatic nitrogens is 1. The number of nitrogens with zero attached hydrogens (tertiary/aromatic N) is 1. The summed E-state index contributed by atoms with van der Waals surface area (Å²) in [6.07, 6.45) is 2.14. The molecule has 1 aromatic carbocycles. The van der Waals surface area contributed by atoms with Crippen LogP contribution in [0, 0.1) is 20.8 Å². The number of sulfonamides is 1. The zero-order valence-corrected chi connectivity index (χ0v) is 18.2. The van der Waals surface area contributed by atoms with E-state index in [1.165, 1.54) is 38.8 Å². The maximum Gasteiger partial charge on any atom is 0.267 e. The van der Waals surface area contributed by atoms with Crippen LogP contribution >= 0.6 is 11.8 Å². The Balaban J connectivity index is 1.62. The van der Waals surface area contributed by atoms with E-state index in [0.29, 0.717) is 19.6 Å². The second-order valence-corrected chi connectivity index (χ2v) is 10.3. The number of benzene rings is 1. The number of aromatic amines is 1. The first-order chi connectivity index (χ1) is 13.3. The highest BCUT2D eigenvalue weighted by atomic mass is 32.2. The van der Waals surface area contributed by atoms with Gasteiger partial charge in [0.2, 0.25) is 10.0 Å². The third kappa shape index (κ3) is 4.61. The number of H-pyrrole nitrogens is 1. The molecule has 2 N–H and O–H groups in total. The van der Waals surface area contributed by atoms with E-state index in [0.717, 1.165) is 17.9 Å². The largest absolute Gasteiger partial charge is 0.356 e. The van der Waals surface area contributed by atoms with Gasteiger partial charge in [-0.3, -0.25) is 4.79 Å². The monoisotopic (exact) mass is 421 g/mol. The lowest BCUT2D eigenvalue weighted by atomic mass is 9.97. The summed E-state index contributed by atoms with van der Waals surface area (Å²) in [5.74, 6) is 1.31. The van der Waals surface area contributed by atoms with Crippen LogP contribution < -0.4 is 5.32 Å². The molecule has 0 aliphatic carbocycles. The summed E-state index contributed by atoms with van der Waals surface area (Å²) in [6, 6.07) is 5.71. The summed E-state index contributed by atoms with van der Waals surface area (Å²) in [4.78, 5) is 15.4. The highest BCUT2D eigenvalue weighted by molar-refractivity contribution is 7.99. The van der Waals surface area contributed by atoms with E-state index in [1.54, 1.807) is 11.8 Å². The Kier molecular flexibility index (Phi) is 6.52. The van der Waals surface area contributed by atoms with Crippen LogP contribution in [0.5, 0.6) is 0 Å². The zero-order valence-electron chi connectivity index (χ0n) is 16.5. The van der Waals surface area contributed by atoms with Gasteiger partial charge in [0.25, 0.3) is 5.91 Å². The fourth-order valence-electron chi connectivity index (χ4n) is 3.59. The molecular weight excluding hydrogens is 394 g/mol. The fraction of sp³-hybridized carbons (Fsp3) is 0.450. The highest BCUT2D eigenvalue weighted by Crippen LogP contribution is 2.21. The molecular formula is C20H27N3O3S2. The van der Waals surface area contributed by atoms with Crippen molar-refractivity contribution in [3.05, 3.63) is 52.3 Å². The summed E-state index contributed by atoms with van der Waals surface area (Å²) in [6.45, 7) is 7.75. The molecule has 1 aromatic heterocycles. The van der Waals surface area contributed by atoms with Crippen molar-refractivity contribution in [1.82, 2.24) is 14.6 Å². The molecule has 1 amide bonds. The Labute approximate surface area is 171 Å². The van der Waals surface area contributed by atoms with Crippen LogP contribution in [0.15, 0.2) is 29.3 Å². The van der Waals surface area contributed by atoms with Crippen LogP contribution in [-0.2, 0) is 16.4 Å². The van der Waals surface area contributed by atoms with Gasteiger partial charge < -0.3 is 10.3 Å². The Morgan fingerprint density at radius 2 is 1.79 bits per heavy atom. The van der Waals surface area contributed by atoms with E-state index in [4.69, 9.17) is 0 Å². The van der Waals surface area contributed by atoms with Gasteiger partial charge in [-0.2, -0.15) is 16.1 Å². The number of amides is 1. The minimum absolute atomic E-state index is 0.148. The van der Waals surface area contributed by atoms with Crippen molar-refractivity contribution in [2.45, 2.75) is 32.1 Å². The van der Waals surface area contributed by atoms with Gasteiger partial charge in [-0.05, 0) is 49.9 Å². The van der Waals surface area contributed by atoms with E-state index >= 15 is 0 Å². The molecule has 6 nitrogen and oxygen atoms in total. The number of nitrogens with one attached hydrogen (secondary N) is 2. The van der Waals surface area contributed by atoms with Crippen molar-refractivity contribution in [2.75, 3.05) is 31.1 Å². The van der Waals surface area contributed by atoms with Gasteiger partial charge in [-0.1, -0.05) is 17.7 Å². The maximum atomic E-state index is 12.7. The molecule has 0 bridgehead atoms. The maximum absolute atomic E-state index is 12.7. The molecule has 1 fully saturated rings. The van der Waals surface area contributed by atoms with Crippen LogP contribution in [0.4, 0.5) is 0 Å². The smallest absolute Gasteiger partial charge is 0.267 e. The molecule has 2 aromatic rings. The minimum atomic E-state index is -3.54. The van der Waals surface area contributed by atoms with Crippen LogP contribution in [0.1, 0.15) is 32.7 Å². The standard InChI is InChI=1S/C20H27N3O3S2/c1-14-10-15(2)18(16(3)11-14)4-5-21-20(24)19-12-17(13-22-19)28(25,26)23-6-8-27-9-7-23/h10-13,22H,4-9H2,1-3H3,(H,21,24). The molecule has 1 aliphatic heterocycles. The van der Waals surface area contributed by atoms with Gasteiger partial charge >= 0.3 is 0 Å². The molecule has 3 rings (SSSR count). The number of carbonyl (C=O) groups excluding carboxylic acids is 1. The lowest BCUT2D eigenvalue weighted by molar-refractivity contribution is 0.0949. The van der Waals surface area contributed by atoms with Gasteiger partial charge in [0.15, 0.2) is 0 Å². The first-order valence-corrected chi connectivity index (χ1v) is 12.0. The third-order valence-electron chi connectivity index (χ3n) is 5.01. The molecule has 152 valence electrons. The first kappa shape index (κ1) is 21.0. The van der Waals surface area contributed by atoms with E-state index in [1.807, 2.05) is 0 Å². The molecule has 0 unspecified atom stereocenters. The molecule has 28 heavy (non-hydrogen) atoms. The second kappa shape index (κ2) is 8.71. The fourth-order valence-corrected chi connectivity index (χ4v) is 6.16. The van der Waals surface area contributed by atoms with Gasteiger partial charge in [-0.25, -0.2) is 8.42 Å². The number of rotatable bonds is 6. The van der Waals surface area contributed by atoms with Crippen LogP contribution in [-0.4, -0.2) is 54.8 Å². The van der Waals surface area contributed by atoms with Crippen LogP contribution in [0.2, 0.25) is 0 Å². The van der Waals surface area contributed by atoms with Crippen molar-refractivity contribution < 1.29 is 13.2 Å². The number of thioether (sulfide) groups is 1. The number of hydrogen-bond donors (Lipinski definition) is 2. The minimum Gasteiger partial charge on any atom is -0.356 e. The van der Waals surface area contributed by atoms with Crippen molar-refractivity contribution in [3.8, 4) is 0 Å². The Hall–Kier alpha value is -1.77. The average molecular weight is 422 g/mol. The highest BCUT2D eigenvalue weighted by Gasteiger charge is 2.27. The second-order valence-electron chi connectivity index (χ2n) is 7.15. The quantitative estimate of drug-likeness (QED) is 0.751. The van der Waals surface area contributed by atoms with Crippen molar-refractivity contribution in [2.24, 2.45) is 0 Å². The molecule has 0 radical (unpaired) electrons. The summed E-state index contributed by atoms with van der Waals surface area (Å²) >= 11 is 1.75. The topological polar surface area (TPSA) is 82.3 Å². The van der Waals surface area contributed by atoms with Crippen molar-refractivity contribution >= 4 is 27.7 Å². The Morgan fingerprint density at radius 3 is 2.43 bits per heavy atom. The Bertz CT molecular complexity index is 938. The molecule has 0 saturated carbocycles. The van der Waals surface area contributed by atoms with Gasteiger partial charge in [0.1, 0.15) is 10.6 Å². The lowest BCUT2D eigenvalue weighted by Gasteiger charge is -2.24. The average Bonchev–Trinajstić information content (AvgIpc) is 3.15. The molecule has 0 spiro atoms. The molecule has 1 aliphatic rings. The van der Waals surface area contributed by atoms with E-state index in [-0.39, 0.29) is 16.5 Å². The van der Waals surface area contributed by atoms with Crippen LogP contribution in [0.25, 0.3) is 0 Å². The molecule has 8 heteroatoms. The number of hydrogen-bond acceptors (Lipinski definition) is 4. The summed E-state index contributed by atoms with van der Waals surface area (Å²) in [7, 11) is -3.54. The van der Waals surface area contributed by atoms with E-state index in [9.17, 15) is 13.2 Å². The normalized spacial score (nSPS) is 15.5.